The second-order valence-electron chi connectivity index (χ2n) is 4.63. The summed E-state index contributed by atoms with van der Waals surface area (Å²) in [7, 11) is 1.84. The van der Waals surface area contributed by atoms with Crippen LogP contribution in [0.2, 0.25) is 0 Å². The molecule has 0 aliphatic rings. The average molecular weight is 299 g/mol. The molecule has 0 saturated heterocycles. The summed E-state index contributed by atoms with van der Waals surface area (Å²) in [6.07, 6.45) is 1.39. The number of nitrogens with two attached hydrogens (primary N) is 1. The molecule has 0 unspecified atom stereocenters. The zero-order chi connectivity index (χ0) is 15.7. The smallest absolute Gasteiger partial charge is 0.341 e. The predicted octanol–water partition coefficient (Wildman–Crippen LogP) is 1.08. The number of nitrogen functional groups attached to an aromatic ring is 1. The zero-order valence-corrected chi connectivity index (χ0v) is 11.7. The summed E-state index contributed by atoms with van der Waals surface area (Å²) in [4.78, 5) is 23.0. The van der Waals surface area contributed by atoms with Gasteiger partial charge in [0.15, 0.2) is 23.6 Å². The summed E-state index contributed by atoms with van der Waals surface area (Å²) in [5.74, 6) is 0.470. The highest BCUT2D eigenvalue weighted by Gasteiger charge is 2.13. The molecule has 0 atom stereocenters. The molecule has 3 rings (SSSR count). The first-order valence-electron chi connectivity index (χ1n) is 6.44. The fourth-order valence-corrected chi connectivity index (χ4v) is 2.12. The van der Waals surface area contributed by atoms with Crippen LogP contribution in [0.5, 0.6) is 5.75 Å². The van der Waals surface area contributed by atoms with Crippen LogP contribution in [-0.2, 0) is 11.8 Å². The zero-order valence-electron chi connectivity index (χ0n) is 11.7. The Bertz CT molecular complexity index is 842. The maximum Gasteiger partial charge on any atom is 0.341 e. The second kappa shape index (κ2) is 5.32. The van der Waals surface area contributed by atoms with Crippen LogP contribution < -0.4 is 10.5 Å². The number of fused-ring (bicyclic) bond motifs is 1. The number of rotatable bonds is 4. The molecule has 8 nitrogen and oxygen atoms in total. The maximum absolute atomic E-state index is 10.5. The van der Waals surface area contributed by atoms with Crippen molar-refractivity contribution in [2.45, 2.75) is 0 Å². The Morgan fingerprint density at radius 3 is 2.68 bits per heavy atom. The SMILES string of the molecule is Cn1c(-c2ccc(OCC(=O)O)cc2)nc2c(N)ncnc21. The molecule has 1 aromatic carbocycles. The summed E-state index contributed by atoms with van der Waals surface area (Å²) < 4.78 is 6.92. The lowest BCUT2D eigenvalue weighted by Crippen LogP contribution is -2.09. The van der Waals surface area contributed by atoms with Gasteiger partial charge in [0.2, 0.25) is 0 Å². The molecular weight excluding hydrogens is 286 g/mol. The quantitative estimate of drug-likeness (QED) is 0.740. The normalized spacial score (nSPS) is 10.8. The molecule has 3 N–H and O–H groups in total. The van der Waals surface area contributed by atoms with Crippen molar-refractivity contribution >= 4 is 23.0 Å². The first-order valence-corrected chi connectivity index (χ1v) is 6.44. The van der Waals surface area contributed by atoms with Gasteiger partial charge in [0, 0.05) is 12.6 Å². The summed E-state index contributed by atoms with van der Waals surface area (Å²) in [6.45, 7) is -0.377. The van der Waals surface area contributed by atoms with Crippen LogP contribution in [0, 0.1) is 0 Å². The summed E-state index contributed by atoms with van der Waals surface area (Å²) in [6, 6.07) is 6.96. The van der Waals surface area contributed by atoms with E-state index in [0.717, 1.165) is 5.56 Å². The van der Waals surface area contributed by atoms with Crippen LogP contribution >= 0.6 is 0 Å². The lowest BCUT2D eigenvalue weighted by atomic mass is 10.2. The van der Waals surface area contributed by atoms with Crippen LogP contribution in [0.3, 0.4) is 0 Å². The van der Waals surface area contributed by atoms with E-state index in [2.05, 4.69) is 15.0 Å². The average Bonchev–Trinajstić information content (AvgIpc) is 2.85. The van der Waals surface area contributed by atoms with E-state index in [-0.39, 0.29) is 6.61 Å². The topological polar surface area (TPSA) is 116 Å². The molecule has 8 heteroatoms. The van der Waals surface area contributed by atoms with Crippen molar-refractivity contribution in [3.05, 3.63) is 30.6 Å². The van der Waals surface area contributed by atoms with Crippen molar-refractivity contribution in [2.24, 2.45) is 7.05 Å². The molecule has 0 fully saturated rings. The number of carboxylic acid groups (broad SMARTS) is 1. The monoisotopic (exact) mass is 299 g/mol. The van der Waals surface area contributed by atoms with Gasteiger partial charge in [-0.1, -0.05) is 0 Å². The third kappa shape index (κ3) is 2.41. The van der Waals surface area contributed by atoms with Crippen LogP contribution in [0.4, 0.5) is 5.82 Å². The molecule has 0 aliphatic heterocycles. The lowest BCUT2D eigenvalue weighted by molar-refractivity contribution is -0.139. The van der Waals surface area contributed by atoms with Gasteiger partial charge in [0.25, 0.3) is 0 Å². The Morgan fingerprint density at radius 1 is 1.32 bits per heavy atom. The number of nitrogens with zero attached hydrogens (tertiary/aromatic N) is 4. The van der Waals surface area contributed by atoms with Gasteiger partial charge < -0.3 is 20.1 Å². The number of imidazole rings is 1. The maximum atomic E-state index is 10.5. The second-order valence-corrected chi connectivity index (χ2v) is 4.63. The fourth-order valence-electron chi connectivity index (χ4n) is 2.12. The van der Waals surface area contributed by atoms with E-state index in [9.17, 15) is 4.79 Å². The minimum Gasteiger partial charge on any atom is -0.482 e. The summed E-state index contributed by atoms with van der Waals surface area (Å²) >= 11 is 0. The predicted molar refractivity (Wildman–Crippen MR) is 79.3 cm³/mol. The van der Waals surface area contributed by atoms with Gasteiger partial charge in [0.1, 0.15) is 17.9 Å². The van der Waals surface area contributed by atoms with Gasteiger partial charge in [-0.25, -0.2) is 19.7 Å². The largest absolute Gasteiger partial charge is 0.482 e. The Hall–Kier alpha value is -3.16. The minimum absolute atomic E-state index is 0.327. The van der Waals surface area contributed by atoms with Crippen molar-refractivity contribution in [1.29, 1.82) is 0 Å². The number of carbonyl (C=O) groups is 1. The third-order valence-corrected chi connectivity index (χ3v) is 3.16. The molecule has 22 heavy (non-hydrogen) atoms. The number of hydrogen-bond acceptors (Lipinski definition) is 6. The highest BCUT2D eigenvalue weighted by atomic mass is 16.5. The van der Waals surface area contributed by atoms with E-state index in [4.69, 9.17) is 15.6 Å². The fraction of sp³-hybridized carbons (Fsp3) is 0.143. The Morgan fingerprint density at radius 2 is 2.05 bits per heavy atom. The molecule has 0 aliphatic carbocycles. The number of carboxylic acids is 1. The van der Waals surface area contributed by atoms with Crippen LogP contribution in [0.15, 0.2) is 30.6 Å². The first-order chi connectivity index (χ1) is 10.6. The molecule has 0 spiro atoms. The minimum atomic E-state index is -1.02. The number of benzene rings is 1. The highest BCUT2D eigenvalue weighted by molar-refractivity contribution is 5.85. The number of aliphatic carboxylic acids is 1. The Labute approximate surface area is 125 Å². The van der Waals surface area contributed by atoms with E-state index < -0.39 is 5.97 Å². The number of aryl methyl sites for hydroxylation is 1. The van der Waals surface area contributed by atoms with Gasteiger partial charge in [-0.15, -0.1) is 0 Å². The van der Waals surface area contributed by atoms with Gasteiger partial charge in [-0.05, 0) is 24.3 Å². The Kier molecular flexibility index (Phi) is 3.34. The van der Waals surface area contributed by atoms with E-state index in [1.165, 1.54) is 6.33 Å². The van der Waals surface area contributed by atoms with Crippen LogP contribution in [-0.4, -0.2) is 37.2 Å². The van der Waals surface area contributed by atoms with E-state index in [1.54, 1.807) is 24.3 Å². The van der Waals surface area contributed by atoms with Crippen molar-refractivity contribution in [3.8, 4) is 17.1 Å². The van der Waals surface area contributed by atoms with Crippen molar-refractivity contribution in [3.63, 3.8) is 0 Å². The molecule has 0 bridgehead atoms. The summed E-state index contributed by atoms with van der Waals surface area (Å²) in [5, 5.41) is 8.59. The standard InChI is InChI=1S/C14H13N5O3/c1-19-13(18-11-12(15)16-7-17-14(11)19)8-2-4-9(5-3-8)22-6-10(20)21/h2-5,7H,6H2,1H3,(H,20,21)(H2,15,16,17). The molecule has 0 radical (unpaired) electrons. The van der Waals surface area contributed by atoms with E-state index in [0.29, 0.717) is 28.6 Å². The molecule has 2 heterocycles. The molecular formula is C14H13N5O3. The molecule has 0 amide bonds. The van der Waals surface area contributed by atoms with E-state index >= 15 is 0 Å². The lowest BCUT2D eigenvalue weighted by Gasteiger charge is -2.05. The van der Waals surface area contributed by atoms with Crippen molar-refractivity contribution in [1.82, 2.24) is 19.5 Å². The number of anilines is 1. The van der Waals surface area contributed by atoms with E-state index in [1.807, 2.05) is 11.6 Å². The molecule has 3 aromatic rings. The number of hydrogen-bond donors (Lipinski definition) is 2. The molecule has 2 aromatic heterocycles. The van der Waals surface area contributed by atoms with Gasteiger partial charge >= 0.3 is 5.97 Å². The third-order valence-electron chi connectivity index (χ3n) is 3.16. The van der Waals surface area contributed by atoms with Gasteiger partial charge in [-0.2, -0.15) is 0 Å². The number of ether oxygens (including phenoxy) is 1. The van der Waals surface area contributed by atoms with Crippen LogP contribution in [0.1, 0.15) is 0 Å². The highest BCUT2D eigenvalue weighted by Crippen LogP contribution is 2.25. The molecule has 112 valence electrons. The number of aromatic nitrogens is 4. The van der Waals surface area contributed by atoms with Crippen molar-refractivity contribution in [2.75, 3.05) is 12.3 Å². The van der Waals surface area contributed by atoms with Gasteiger partial charge in [0.05, 0.1) is 0 Å². The van der Waals surface area contributed by atoms with Gasteiger partial charge in [-0.3, -0.25) is 0 Å². The van der Waals surface area contributed by atoms with Crippen LogP contribution in [0.25, 0.3) is 22.6 Å². The molecule has 0 saturated carbocycles. The Balaban J connectivity index is 1.96. The first kappa shape index (κ1) is 13.8. The van der Waals surface area contributed by atoms with Crippen molar-refractivity contribution < 1.29 is 14.6 Å². The summed E-state index contributed by atoms with van der Waals surface area (Å²) in [5.41, 5.74) is 7.84.